The predicted octanol–water partition coefficient (Wildman–Crippen LogP) is 2.00. The van der Waals surface area contributed by atoms with Crippen LogP contribution in [0.1, 0.15) is 25.7 Å². The van der Waals surface area contributed by atoms with E-state index in [2.05, 4.69) is 20.7 Å². The van der Waals surface area contributed by atoms with Gasteiger partial charge in [0.05, 0.1) is 6.10 Å². The minimum Gasteiger partial charge on any atom is -0.398 e. The van der Waals surface area contributed by atoms with Crippen molar-refractivity contribution in [2.75, 3.05) is 12.3 Å². The Morgan fingerprint density at radius 3 is 2.81 bits per heavy atom. The minimum absolute atomic E-state index is 0.0689. The van der Waals surface area contributed by atoms with E-state index in [1.54, 1.807) is 0 Å². The second-order valence-electron chi connectivity index (χ2n) is 5.34. The van der Waals surface area contributed by atoms with E-state index in [0.717, 1.165) is 31.4 Å². The topological polar surface area (TPSA) is 92.4 Å². The van der Waals surface area contributed by atoms with Gasteiger partial charge in [-0.15, -0.1) is 0 Å². The van der Waals surface area contributed by atoms with Crippen molar-refractivity contribution in [3.63, 3.8) is 0 Å². The van der Waals surface area contributed by atoms with Gasteiger partial charge >= 0.3 is 0 Å². The molecule has 21 heavy (non-hydrogen) atoms. The third-order valence-electron chi connectivity index (χ3n) is 3.66. The maximum Gasteiger partial charge on any atom is 0.243 e. The molecule has 0 heterocycles. The minimum atomic E-state index is -3.95. The number of benzene rings is 1. The Bertz CT molecular complexity index is 624. The molecule has 1 aromatic carbocycles. The van der Waals surface area contributed by atoms with Crippen LogP contribution in [0.2, 0.25) is 0 Å². The Morgan fingerprint density at radius 2 is 2.14 bits per heavy atom. The molecule has 118 valence electrons. The molecule has 1 aliphatic carbocycles. The first-order valence-corrected chi connectivity index (χ1v) is 8.99. The molecule has 0 aromatic heterocycles. The number of rotatable bonds is 4. The van der Waals surface area contributed by atoms with Crippen LogP contribution in [0.5, 0.6) is 0 Å². The molecule has 1 fully saturated rings. The molecule has 2 atom stereocenters. The highest BCUT2D eigenvalue weighted by Gasteiger charge is 2.25. The molecule has 2 unspecified atom stereocenters. The van der Waals surface area contributed by atoms with E-state index >= 15 is 0 Å². The molecule has 0 aliphatic heterocycles. The Morgan fingerprint density at radius 1 is 1.43 bits per heavy atom. The number of nitrogen functional groups attached to an aromatic ring is 1. The molecule has 0 spiro atoms. The van der Waals surface area contributed by atoms with Gasteiger partial charge in [0.15, 0.2) is 0 Å². The summed E-state index contributed by atoms with van der Waals surface area (Å²) in [6.07, 6.45) is 2.65. The first-order valence-electron chi connectivity index (χ1n) is 6.72. The Hall–Kier alpha value is -0.700. The molecule has 1 aromatic rings. The van der Waals surface area contributed by atoms with Crippen molar-refractivity contribution in [2.45, 2.75) is 36.7 Å². The summed E-state index contributed by atoms with van der Waals surface area (Å²) in [5, 5.41) is 9.58. The van der Waals surface area contributed by atoms with Crippen molar-refractivity contribution in [3.8, 4) is 0 Å². The normalized spacial score (nSPS) is 23.2. The van der Waals surface area contributed by atoms with Crippen molar-refractivity contribution < 1.29 is 17.9 Å². The van der Waals surface area contributed by atoms with E-state index < -0.39 is 20.7 Å². The van der Waals surface area contributed by atoms with Crippen LogP contribution in [0.25, 0.3) is 0 Å². The Kier molecular flexibility index (Phi) is 5.24. The Labute approximate surface area is 131 Å². The number of aliphatic hydroxyl groups is 1. The number of hydrogen-bond acceptors (Lipinski definition) is 4. The fourth-order valence-electron chi connectivity index (χ4n) is 2.50. The maximum absolute atomic E-state index is 13.8. The maximum atomic E-state index is 13.8. The quantitative estimate of drug-likeness (QED) is 0.696. The number of sulfonamides is 1. The van der Waals surface area contributed by atoms with Gasteiger partial charge in [-0.25, -0.2) is 17.5 Å². The highest BCUT2D eigenvalue weighted by Crippen LogP contribution is 2.27. The van der Waals surface area contributed by atoms with Crippen LogP contribution in [-0.4, -0.2) is 26.2 Å². The van der Waals surface area contributed by atoms with Gasteiger partial charge in [0.1, 0.15) is 10.7 Å². The summed E-state index contributed by atoms with van der Waals surface area (Å²) in [5.74, 6) is -0.786. The van der Waals surface area contributed by atoms with Crippen LogP contribution < -0.4 is 10.5 Å². The fourth-order valence-corrected chi connectivity index (χ4v) is 4.03. The smallest absolute Gasteiger partial charge is 0.243 e. The van der Waals surface area contributed by atoms with E-state index in [1.165, 1.54) is 0 Å². The lowest BCUT2D eigenvalue weighted by atomic mass is 9.87. The summed E-state index contributed by atoms with van der Waals surface area (Å²) in [5.41, 5.74) is 5.76. The van der Waals surface area contributed by atoms with Crippen molar-refractivity contribution in [2.24, 2.45) is 5.92 Å². The average molecular weight is 381 g/mol. The molecule has 5 nitrogen and oxygen atoms in total. The van der Waals surface area contributed by atoms with Crippen LogP contribution in [-0.2, 0) is 10.0 Å². The zero-order valence-corrected chi connectivity index (χ0v) is 13.8. The molecule has 1 aliphatic rings. The monoisotopic (exact) mass is 380 g/mol. The summed E-state index contributed by atoms with van der Waals surface area (Å²) in [6.45, 7) is 0.189. The van der Waals surface area contributed by atoms with Gasteiger partial charge < -0.3 is 10.8 Å². The molecule has 4 N–H and O–H groups in total. The van der Waals surface area contributed by atoms with Gasteiger partial charge in [-0.1, -0.05) is 6.42 Å². The first-order chi connectivity index (χ1) is 9.79. The number of hydrogen-bond donors (Lipinski definition) is 3. The van der Waals surface area contributed by atoms with Gasteiger partial charge in [-0.05, 0) is 53.2 Å². The zero-order valence-electron chi connectivity index (χ0n) is 11.4. The van der Waals surface area contributed by atoms with Crippen molar-refractivity contribution in [3.05, 3.63) is 22.4 Å². The molecule has 0 saturated heterocycles. The van der Waals surface area contributed by atoms with Gasteiger partial charge in [-0.2, -0.15) is 0 Å². The van der Waals surface area contributed by atoms with Crippen LogP contribution in [0, 0.1) is 11.7 Å². The van der Waals surface area contributed by atoms with E-state index in [1.807, 2.05) is 0 Å². The number of anilines is 1. The predicted molar refractivity (Wildman–Crippen MR) is 81.7 cm³/mol. The lowest BCUT2D eigenvalue weighted by Crippen LogP contribution is -2.33. The molecule has 8 heteroatoms. The number of aliphatic hydroxyl groups excluding tert-OH is 1. The lowest BCUT2D eigenvalue weighted by molar-refractivity contribution is 0.102. The molecule has 2 rings (SSSR count). The van der Waals surface area contributed by atoms with E-state index in [0.29, 0.717) is 10.9 Å². The van der Waals surface area contributed by atoms with Crippen LogP contribution in [0.4, 0.5) is 10.1 Å². The number of nitrogens with two attached hydrogens (primary N) is 1. The van der Waals surface area contributed by atoms with Crippen molar-refractivity contribution in [1.82, 2.24) is 4.72 Å². The van der Waals surface area contributed by atoms with Crippen LogP contribution >= 0.6 is 15.9 Å². The highest BCUT2D eigenvalue weighted by molar-refractivity contribution is 9.10. The largest absolute Gasteiger partial charge is 0.398 e. The summed E-state index contributed by atoms with van der Waals surface area (Å²) in [7, 11) is -3.95. The van der Waals surface area contributed by atoms with Gasteiger partial charge in [0, 0.05) is 16.7 Å². The average Bonchev–Trinajstić information content (AvgIpc) is 2.41. The van der Waals surface area contributed by atoms with Gasteiger partial charge in [0.2, 0.25) is 10.0 Å². The standard InChI is InChI=1S/C13H18BrFN2O3S/c14-10-5-11(15)13(6-12(10)16)21(19,20)17-7-8-2-1-3-9(18)4-8/h5-6,8-9,17-18H,1-4,7,16H2. The third-order valence-corrected chi connectivity index (χ3v) is 5.78. The van der Waals surface area contributed by atoms with Crippen molar-refractivity contribution >= 4 is 31.6 Å². The number of halogens is 2. The van der Waals surface area contributed by atoms with E-state index in [9.17, 15) is 17.9 Å². The SMILES string of the molecule is Nc1cc(S(=O)(=O)NCC2CCCC(O)C2)c(F)cc1Br. The first kappa shape index (κ1) is 16.7. The second-order valence-corrected chi connectivity index (χ2v) is 7.93. The summed E-state index contributed by atoms with van der Waals surface area (Å²) < 4.78 is 40.8. The highest BCUT2D eigenvalue weighted by atomic mass is 79.9. The molecular formula is C13H18BrFN2O3S. The molecule has 0 amide bonds. The third kappa shape index (κ3) is 4.15. The molecule has 1 saturated carbocycles. The number of nitrogens with one attached hydrogen (secondary N) is 1. The molecular weight excluding hydrogens is 363 g/mol. The van der Waals surface area contributed by atoms with E-state index in [4.69, 9.17) is 5.73 Å². The van der Waals surface area contributed by atoms with Crippen molar-refractivity contribution in [1.29, 1.82) is 0 Å². The summed E-state index contributed by atoms with van der Waals surface area (Å²) in [6, 6.07) is 2.13. The molecule has 0 bridgehead atoms. The summed E-state index contributed by atoms with van der Waals surface area (Å²) in [4.78, 5) is -0.459. The van der Waals surface area contributed by atoms with Gasteiger partial charge in [0.25, 0.3) is 0 Å². The van der Waals surface area contributed by atoms with Crippen LogP contribution in [0.15, 0.2) is 21.5 Å². The summed E-state index contributed by atoms with van der Waals surface area (Å²) >= 11 is 3.05. The molecule has 0 radical (unpaired) electrons. The van der Waals surface area contributed by atoms with E-state index in [-0.39, 0.29) is 24.3 Å². The lowest BCUT2D eigenvalue weighted by Gasteiger charge is -2.25. The van der Waals surface area contributed by atoms with Crippen LogP contribution in [0.3, 0.4) is 0 Å². The van der Waals surface area contributed by atoms with Gasteiger partial charge in [-0.3, -0.25) is 0 Å². The zero-order chi connectivity index (χ0) is 15.6. The fraction of sp³-hybridized carbons (Fsp3) is 0.538. The Balaban J connectivity index is 2.10. The second kappa shape index (κ2) is 6.60.